The lowest BCUT2D eigenvalue weighted by Gasteiger charge is -2.29. The van der Waals surface area contributed by atoms with E-state index in [1.165, 1.54) is 0 Å². The number of aromatic amines is 1. The van der Waals surface area contributed by atoms with Gasteiger partial charge in [-0.2, -0.15) is 13.2 Å². The molecule has 0 saturated heterocycles. The highest BCUT2D eigenvalue weighted by atomic mass is 32.2. The van der Waals surface area contributed by atoms with E-state index < -0.39 is 28.9 Å². The molecule has 0 bridgehead atoms. The Morgan fingerprint density at radius 2 is 1.96 bits per heavy atom. The Morgan fingerprint density at radius 1 is 1.21 bits per heavy atom. The minimum Gasteiger partial charge on any atom is -0.327 e. The summed E-state index contributed by atoms with van der Waals surface area (Å²) < 4.78 is 38.2. The molecule has 0 radical (unpaired) electrons. The van der Waals surface area contributed by atoms with Crippen LogP contribution in [0.15, 0.2) is 46.2 Å². The second-order valence-corrected chi connectivity index (χ2v) is 7.18. The summed E-state index contributed by atoms with van der Waals surface area (Å²) in [7, 11) is 0. The zero-order chi connectivity index (χ0) is 20.3. The van der Waals surface area contributed by atoms with E-state index in [2.05, 4.69) is 5.32 Å². The molecular weight excluding hydrogens is 395 g/mol. The second-order valence-electron chi connectivity index (χ2n) is 6.04. The van der Waals surface area contributed by atoms with Gasteiger partial charge in [0.25, 0.3) is 5.56 Å². The predicted molar refractivity (Wildman–Crippen MR) is 99.4 cm³/mol. The highest BCUT2D eigenvalue weighted by Gasteiger charge is 2.31. The molecule has 0 atom stereocenters. The first-order chi connectivity index (χ1) is 13.3. The third-order valence-corrected chi connectivity index (χ3v) is 5.14. The average Bonchev–Trinajstić information content (AvgIpc) is 2.66. The SMILES string of the molecule is O=C(CCC(=O)N1CCSc2ccccc21)Nc1cc(C(F)(F)F)c[nH]c1=O. The van der Waals surface area contributed by atoms with Gasteiger partial charge in [0.2, 0.25) is 11.8 Å². The lowest BCUT2D eigenvalue weighted by atomic mass is 10.2. The number of hydrogen-bond donors (Lipinski definition) is 2. The van der Waals surface area contributed by atoms with Gasteiger partial charge in [-0.25, -0.2) is 0 Å². The number of para-hydroxylation sites is 1. The largest absolute Gasteiger partial charge is 0.417 e. The Kier molecular flexibility index (Phi) is 5.78. The molecular formula is C18H16F3N3O3S. The fourth-order valence-electron chi connectivity index (χ4n) is 2.74. The van der Waals surface area contributed by atoms with E-state index in [9.17, 15) is 27.6 Å². The van der Waals surface area contributed by atoms with E-state index in [1.54, 1.807) is 16.7 Å². The zero-order valence-electron chi connectivity index (χ0n) is 14.5. The van der Waals surface area contributed by atoms with Crippen LogP contribution in [0.2, 0.25) is 0 Å². The quantitative estimate of drug-likeness (QED) is 0.809. The van der Waals surface area contributed by atoms with Gasteiger partial charge in [-0.1, -0.05) is 12.1 Å². The number of aromatic nitrogens is 1. The van der Waals surface area contributed by atoms with Gasteiger partial charge >= 0.3 is 6.18 Å². The van der Waals surface area contributed by atoms with E-state index in [0.29, 0.717) is 18.8 Å². The summed E-state index contributed by atoms with van der Waals surface area (Å²) in [4.78, 5) is 40.7. The van der Waals surface area contributed by atoms with Crippen LogP contribution in [0.1, 0.15) is 18.4 Å². The molecule has 2 aromatic rings. The third-order valence-electron chi connectivity index (χ3n) is 4.10. The van der Waals surface area contributed by atoms with Crippen molar-refractivity contribution in [3.63, 3.8) is 0 Å². The fraction of sp³-hybridized carbons (Fsp3) is 0.278. The van der Waals surface area contributed by atoms with Crippen molar-refractivity contribution in [2.45, 2.75) is 23.9 Å². The molecule has 28 heavy (non-hydrogen) atoms. The lowest BCUT2D eigenvalue weighted by Crippen LogP contribution is -2.35. The number of thioether (sulfide) groups is 1. The summed E-state index contributed by atoms with van der Waals surface area (Å²) in [5.41, 5.74) is -1.67. The van der Waals surface area contributed by atoms with Crippen molar-refractivity contribution in [2.75, 3.05) is 22.5 Å². The molecule has 1 aliphatic rings. The molecule has 2 N–H and O–H groups in total. The van der Waals surface area contributed by atoms with Crippen LogP contribution < -0.4 is 15.8 Å². The van der Waals surface area contributed by atoms with Crippen LogP contribution in [0.4, 0.5) is 24.5 Å². The Bertz CT molecular complexity index is 959. The number of H-pyrrole nitrogens is 1. The van der Waals surface area contributed by atoms with Crippen LogP contribution >= 0.6 is 11.8 Å². The molecule has 6 nitrogen and oxygen atoms in total. The molecule has 2 heterocycles. The number of amides is 2. The molecule has 10 heteroatoms. The number of hydrogen-bond acceptors (Lipinski definition) is 4. The highest BCUT2D eigenvalue weighted by molar-refractivity contribution is 7.99. The fourth-order valence-corrected chi connectivity index (χ4v) is 3.73. The first kappa shape index (κ1) is 20.0. The number of halogens is 3. The van der Waals surface area contributed by atoms with Crippen molar-refractivity contribution < 1.29 is 22.8 Å². The number of pyridine rings is 1. The molecule has 148 valence electrons. The summed E-state index contributed by atoms with van der Waals surface area (Å²) in [6, 6.07) is 7.99. The average molecular weight is 411 g/mol. The number of nitrogens with zero attached hydrogens (tertiary/aromatic N) is 1. The van der Waals surface area contributed by atoms with E-state index >= 15 is 0 Å². The monoisotopic (exact) mass is 411 g/mol. The van der Waals surface area contributed by atoms with Crippen molar-refractivity contribution in [1.29, 1.82) is 0 Å². The van der Waals surface area contributed by atoms with Crippen LogP contribution in [0.5, 0.6) is 0 Å². The number of carbonyl (C=O) groups excluding carboxylic acids is 2. The maximum Gasteiger partial charge on any atom is 0.417 e. The van der Waals surface area contributed by atoms with Gasteiger partial charge in [-0.3, -0.25) is 14.4 Å². The number of anilines is 2. The summed E-state index contributed by atoms with van der Waals surface area (Å²) in [5.74, 6) is -0.243. The van der Waals surface area contributed by atoms with Crippen LogP contribution in [-0.2, 0) is 15.8 Å². The lowest BCUT2D eigenvalue weighted by molar-refractivity contribution is -0.137. The van der Waals surface area contributed by atoms with Crippen LogP contribution in [0.3, 0.4) is 0 Å². The van der Waals surface area contributed by atoms with Crippen molar-refractivity contribution >= 4 is 35.0 Å². The first-order valence-electron chi connectivity index (χ1n) is 8.37. The highest BCUT2D eigenvalue weighted by Crippen LogP contribution is 2.34. The number of carbonyl (C=O) groups is 2. The van der Waals surface area contributed by atoms with Crippen molar-refractivity contribution in [1.82, 2.24) is 4.98 Å². The number of alkyl halides is 3. The van der Waals surface area contributed by atoms with Gasteiger partial charge in [-0.05, 0) is 18.2 Å². The third kappa shape index (κ3) is 4.56. The van der Waals surface area contributed by atoms with Gasteiger partial charge in [0.1, 0.15) is 5.69 Å². The Balaban J connectivity index is 1.63. The molecule has 0 saturated carbocycles. The van der Waals surface area contributed by atoms with E-state index in [4.69, 9.17) is 0 Å². The Hall–Kier alpha value is -2.75. The Labute approximate surface area is 162 Å². The molecule has 0 fully saturated rings. The second kappa shape index (κ2) is 8.09. The maximum atomic E-state index is 12.7. The smallest absolute Gasteiger partial charge is 0.327 e. The summed E-state index contributed by atoms with van der Waals surface area (Å²) in [6.45, 7) is 0.509. The Morgan fingerprint density at radius 3 is 2.71 bits per heavy atom. The van der Waals surface area contributed by atoms with Crippen molar-refractivity contribution in [3.8, 4) is 0 Å². The molecule has 1 aliphatic heterocycles. The number of nitrogens with one attached hydrogen (secondary N) is 2. The zero-order valence-corrected chi connectivity index (χ0v) is 15.3. The number of benzene rings is 1. The molecule has 0 spiro atoms. The van der Waals surface area contributed by atoms with Gasteiger partial charge in [-0.15, -0.1) is 11.8 Å². The molecule has 3 rings (SSSR count). The molecule has 2 amide bonds. The van der Waals surface area contributed by atoms with Gasteiger partial charge in [0, 0.05) is 36.2 Å². The van der Waals surface area contributed by atoms with Crippen LogP contribution in [-0.4, -0.2) is 29.1 Å². The first-order valence-corrected chi connectivity index (χ1v) is 9.36. The minimum atomic E-state index is -4.65. The predicted octanol–water partition coefficient (Wildman–Crippen LogP) is 3.25. The molecule has 1 aromatic carbocycles. The van der Waals surface area contributed by atoms with Crippen molar-refractivity contribution in [3.05, 3.63) is 52.4 Å². The summed E-state index contributed by atoms with van der Waals surface area (Å²) >= 11 is 1.64. The van der Waals surface area contributed by atoms with Gasteiger partial charge in [0.05, 0.1) is 11.3 Å². The van der Waals surface area contributed by atoms with Crippen molar-refractivity contribution in [2.24, 2.45) is 0 Å². The molecule has 0 unspecified atom stereocenters. The topological polar surface area (TPSA) is 82.3 Å². The van der Waals surface area contributed by atoms with E-state index in [0.717, 1.165) is 16.3 Å². The van der Waals surface area contributed by atoms with Gasteiger partial charge < -0.3 is 15.2 Å². The van der Waals surface area contributed by atoms with Crippen LogP contribution in [0.25, 0.3) is 0 Å². The van der Waals surface area contributed by atoms with E-state index in [-0.39, 0.29) is 18.7 Å². The minimum absolute atomic E-state index is 0.123. The number of rotatable bonds is 4. The molecule has 1 aromatic heterocycles. The number of fused-ring (bicyclic) bond motifs is 1. The summed E-state index contributed by atoms with van der Waals surface area (Å²) in [6.07, 6.45) is -4.49. The van der Waals surface area contributed by atoms with Crippen LogP contribution in [0, 0.1) is 0 Å². The normalized spacial score (nSPS) is 13.8. The van der Waals surface area contributed by atoms with E-state index in [1.807, 2.05) is 29.2 Å². The summed E-state index contributed by atoms with van der Waals surface area (Å²) in [5, 5.41) is 2.14. The standard InChI is InChI=1S/C18H16F3N3O3S/c19-18(20,21)11-9-12(17(27)22-10-11)23-15(25)5-6-16(26)24-7-8-28-14-4-2-1-3-13(14)24/h1-4,9-10H,5-8H2,(H,22,27)(H,23,25). The molecule has 0 aliphatic carbocycles. The van der Waals surface area contributed by atoms with Gasteiger partial charge in [0.15, 0.2) is 0 Å². The maximum absolute atomic E-state index is 12.7.